The summed E-state index contributed by atoms with van der Waals surface area (Å²) in [5.74, 6) is -0.326. The standard InChI is InChI=1S/C13H16ClNO3/c1-10(12(16)8-14)15(2)13(17)18-9-11-6-4-3-5-7-11/h3-7,10H,8-9H2,1-2H3. The van der Waals surface area contributed by atoms with E-state index in [-0.39, 0.29) is 18.3 Å². The summed E-state index contributed by atoms with van der Waals surface area (Å²) in [7, 11) is 1.52. The number of likely N-dealkylation sites (N-methyl/N-ethyl adjacent to an activating group) is 1. The van der Waals surface area contributed by atoms with Crippen LogP contribution in [0.5, 0.6) is 0 Å². The average Bonchev–Trinajstić information content (AvgIpc) is 2.43. The molecule has 0 aliphatic rings. The van der Waals surface area contributed by atoms with E-state index in [2.05, 4.69) is 0 Å². The highest BCUT2D eigenvalue weighted by Gasteiger charge is 2.22. The highest BCUT2D eigenvalue weighted by molar-refractivity contribution is 6.28. The summed E-state index contributed by atoms with van der Waals surface area (Å²) in [5, 5.41) is 0. The molecule has 0 aromatic heterocycles. The van der Waals surface area contributed by atoms with Crippen molar-refractivity contribution in [1.82, 2.24) is 4.90 Å². The molecular weight excluding hydrogens is 254 g/mol. The van der Waals surface area contributed by atoms with Crippen molar-refractivity contribution in [1.29, 1.82) is 0 Å². The number of ketones is 1. The maximum atomic E-state index is 11.7. The van der Waals surface area contributed by atoms with Gasteiger partial charge in [-0.15, -0.1) is 11.6 Å². The van der Waals surface area contributed by atoms with Gasteiger partial charge >= 0.3 is 6.09 Å². The number of hydrogen-bond acceptors (Lipinski definition) is 3. The third kappa shape index (κ3) is 4.04. The van der Waals surface area contributed by atoms with Crippen LogP contribution in [0.2, 0.25) is 0 Å². The topological polar surface area (TPSA) is 46.6 Å². The molecule has 1 unspecified atom stereocenters. The first kappa shape index (κ1) is 14.5. The van der Waals surface area contributed by atoms with Gasteiger partial charge in [0.1, 0.15) is 6.61 Å². The number of alkyl halides is 1. The maximum absolute atomic E-state index is 11.7. The maximum Gasteiger partial charge on any atom is 0.410 e. The zero-order valence-electron chi connectivity index (χ0n) is 10.4. The zero-order valence-corrected chi connectivity index (χ0v) is 11.2. The van der Waals surface area contributed by atoms with Gasteiger partial charge in [0.2, 0.25) is 0 Å². The predicted molar refractivity (Wildman–Crippen MR) is 69.6 cm³/mol. The summed E-state index contributed by atoms with van der Waals surface area (Å²) in [5.41, 5.74) is 0.899. The van der Waals surface area contributed by atoms with Gasteiger partial charge in [-0.2, -0.15) is 0 Å². The summed E-state index contributed by atoms with van der Waals surface area (Å²) in [6, 6.07) is 8.77. The number of hydrogen-bond donors (Lipinski definition) is 0. The lowest BCUT2D eigenvalue weighted by atomic mass is 10.2. The molecule has 0 radical (unpaired) electrons. The van der Waals surface area contributed by atoms with Crippen LogP contribution in [0.4, 0.5) is 4.79 Å². The Bertz CT molecular complexity index is 408. The molecule has 0 fully saturated rings. The molecule has 0 heterocycles. The smallest absolute Gasteiger partial charge is 0.410 e. The van der Waals surface area contributed by atoms with Crippen LogP contribution >= 0.6 is 11.6 Å². The van der Waals surface area contributed by atoms with Crippen molar-refractivity contribution in [2.45, 2.75) is 19.6 Å². The molecule has 0 aliphatic carbocycles. The molecular formula is C13H16ClNO3. The molecule has 1 atom stereocenters. The van der Waals surface area contributed by atoms with Gasteiger partial charge in [0, 0.05) is 7.05 Å². The molecule has 0 N–H and O–H groups in total. The molecule has 0 saturated heterocycles. The summed E-state index contributed by atoms with van der Waals surface area (Å²) in [6.45, 7) is 1.81. The van der Waals surface area contributed by atoms with E-state index in [0.717, 1.165) is 5.56 Å². The first-order valence-electron chi connectivity index (χ1n) is 5.58. The monoisotopic (exact) mass is 269 g/mol. The lowest BCUT2D eigenvalue weighted by Crippen LogP contribution is -2.41. The SMILES string of the molecule is CC(C(=O)CCl)N(C)C(=O)OCc1ccccc1. The van der Waals surface area contributed by atoms with Crippen LogP contribution in [0.15, 0.2) is 30.3 Å². The Morgan fingerprint density at radius 3 is 2.50 bits per heavy atom. The van der Waals surface area contributed by atoms with Crippen LogP contribution < -0.4 is 0 Å². The summed E-state index contributed by atoms with van der Waals surface area (Å²) in [6.07, 6.45) is -0.537. The first-order valence-corrected chi connectivity index (χ1v) is 6.12. The Kier molecular flexibility index (Phi) is 5.65. The molecule has 98 valence electrons. The number of carbonyl (C=O) groups is 2. The first-order chi connectivity index (χ1) is 8.56. The molecule has 0 saturated carbocycles. The minimum Gasteiger partial charge on any atom is -0.445 e. The van der Waals surface area contributed by atoms with E-state index in [1.54, 1.807) is 6.92 Å². The molecule has 18 heavy (non-hydrogen) atoms. The third-order valence-electron chi connectivity index (χ3n) is 2.67. The fourth-order valence-corrected chi connectivity index (χ4v) is 1.53. The van der Waals surface area contributed by atoms with Gasteiger partial charge in [0.05, 0.1) is 11.9 Å². The Hall–Kier alpha value is -1.55. The highest BCUT2D eigenvalue weighted by atomic mass is 35.5. The minimum absolute atomic E-state index is 0.114. The Morgan fingerprint density at radius 2 is 1.94 bits per heavy atom. The summed E-state index contributed by atoms with van der Waals surface area (Å²) < 4.78 is 5.10. The largest absolute Gasteiger partial charge is 0.445 e. The van der Waals surface area contributed by atoms with Gasteiger partial charge in [0.15, 0.2) is 5.78 Å². The van der Waals surface area contributed by atoms with Crippen molar-refractivity contribution in [3.63, 3.8) is 0 Å². The van der Waals surface area contributed by atoms with Gasteiger partial charge in [-0.1, -0.05) is 30.3 Å². The van der Waals surface area contributed by atoms with E-state index in [1.807, 2.05) is 30.3 Å². The van der Waals surface area contributed by atoms with E-state index >= 15 is 0 Å². The van der Waals surface area contributed by atoms with Gasteiger partial charge in [0.25, 0.3) is 0 Å². The zero-order chi connectivity index (χ0) is 13.5. The molecule has 1 aromatic rings. The minimum atomic E-state index is -0.578. The number of rotatable bonds is 5. The number of benzene rings is 1. The number of ether oxygens (including phenoxy) is 1. The van der Waals surface area contributed by atoms with Crippen LogP contribution in [0, 0.1) is 0 Å². The normalized spacial score (nSPS) is 11.7. The van der Waals surface area contributed by atoms with E-state index in [1.165, 1.54) is 11.9 Å². The Morgan fingerprint density at radius 1 is 1.33 bits per heavy atom. The summed E-state index contributed by atoms with van der Waals surface area (Å²) >= 11 is 5.44. The van der Waals surface area contributed by atoms with Crippen LogP contribution in [-0.4, -0.2) is 35.7 Å². The lowest BCUT2D eigenvalue weighted by molar-refractivity contribution is -0.120. The van der Waals surface area contributed by atoms with E-state index in [4.69, 9.17) is 16.3 Å². The number of Topliss-reactive ketones (excluding diaryl/α,β-unsaturated/α-hetero) is 1. The van der Waals surface area contributed by atoms with Gasteiger partial charge in [-0.05, 0) is 12.5 Å². The van der Waals surface area contributed by atoms with Crippen molar-refractivity contribution in [2.24, 2.45) is 0 Å². The quantitative estimate of drug-likeness (QED) is 0.772. The number of halogens is 1. The van der Waals surface area contributed by atoms with Crippen LogP contribution in [0.1, 0.15) is 12.5 Å². The van der Waals surface area contributed by atoms with E-state index in [9.17, 15) is 9.59 Å². The van der Waals surface area contributed by atoms with Crippen LogP contribution in [-0.2, 0) is 16.1 Å². The highest BCUT2D eigenvalue weighted by Crippen LogP contribution is 2.05. The van der Waals surface area contributed by atoms with Gasteiger partial charge in [-0.3, -0.25) is 4.79 Å². The second-order valence-corrected chi connectivity index (χ2v) is 4.19. The fourth-order valence-electron chi connectivity index (χ4n) is 1.31. The summed E-state index contributed by atoms with van der Waals surface area (Å²) in [4.78, 5) is 24.3. The fraction of sp³-hybridized carbons (Fsp3) is 0.385. The molecule has 1 aromatic carbocycles. The molecule has 5 heteroatoms. The lowest BCUT2D eigenvalue weighted by Gasteiger charge is -2.22. The average molecular weight is 270 g/mol. The van der Waals surface area contributed by atoms with Crippen molar-refractivity contribution in [3.8, 4) is 0 Å². The van der Waals surface area contributed by atoms with Crippen LogP contribution in [0.25, 0.3) is 0 Å². The third-order valence-corrected chi connectivity index (χ3v) is 2.94. The predicted octanol–water partition coefficient (Wildman–Crippen LogP) is 2.45. The molecule has 0 spiro atoms. The number of amides is 1. The van der Waals surface area contributed by atoms with Crippen molar-refractivity contribution in [3.05, 3.63) is 35.9 Å². The second-order valence-electron chi connectivity index (χ2n) is 3.93. The van der Waals surface area contributed by atoms with E-state index in [0.29, 0.717) is 0 Å². The second kappa shape index (κ2) is 7.01. The van der Waals surface area contributed by atoms with Gasteiger partial charge < -0.3 is 9.64 Å². The number of carbonyl (C=O) groups excluding carboxylic acids is 2. The Labute approximate surface area is 111 Å². The van der Waals surface area contributed by atoms with Crippen molar-refractivity contribution >= 4 is 23.5 Å². The molecule has 1 rings (SSSR count). The van der Waals surface area contributed by atoms with Crippen molar-refractivity contribution < 1.29 is 14.3 Å². The molecule has 1 amide bonds. The molecule has 0 aliphatic heterocycles. The molecule has 4 nitrogen and oxygen atoms in total. The van der Waals surface area contributed by atoms with Gasteiger partial charge in [-0.25, -0.2) is 4.79 Å². The van der Waals surface area contributed by atoms with Crippen LogP contribution in [0.3, 0.4) is 0 Å². The van der Waals surface area contributed by atoms with E-state index < -0.39 is 12.1 Å². The van der Waals surface area contributed by atoms with Crippen molar-refractivity contribution in [2.75, 3.05) is 12.9 Å². The Balaban J connectivity index is 2.48. The number of nitrogens with zero attached hydrogens (tertiary/aromatic N) is 1. The molecule has 0 bridgehead atoms.